The van der Waals surface area contributed by atoms with E-state index in [9.17, 15) is 14.4 Å². The van der Waals surface area contributed by atoms with E-state index >= 15 is 0 Å². The number of carbonyl (C=O) groups excluding carboxylic acids is 3. The zero-order valence-corrected chi connectivity index (χ0v) is 16.0. The van der Waals surface area contributed by atoms with E-state index in [0.29, 0.717) is 18.6 Å². The van der Waals surface area contributed by atoms with Crippen LogP contribution in [0.4, 0.5) is 5.69 Å². The van der Waals surface area contributed by atoms with E-state index in [-0.39, 0.29) is 30.6 Å². The fourth-order valence-corrected chi connectivity index (χ4v) is 3.14. The number of Topliss-reactive ketones (excluding diaryl/α,β-unsaturated/α-hetero) is 1. The summed E-state index contributed by atoms with van der Waals surface area (Å²) in [6.45, 7) is 3.93. The van der Waals surface area contributed by atoms with Crippen molar-refractivity contribution in [2.75, 3.05) is 18.5 Å². The highest BCUT2D eigenvalue weighted by Crippen LogP contribution is 2.32. The molecule has 3 rings (SSSR count). The van der Waals surface area contributed by atoms with E-state index in [1.54, 1.807) is 25.1 Å². The number of aryl methyl sites for hydroxylation is 1. The summed E-state index contributed by atoms with van der Waals surface area (Å²) < 4.78 is 10.7. The lowest BCUT2D eigenvalue weighted by Crippen LogP contribution is -2.15. The lowest BCUT2D eigenvalue weighted by Gasteiger charge is -2.10. The molecule has 0 aromatic heterocycles. The second kappa shape index (κ2) is 8.69. The van der Waals surface area contributed by atoms with Gasteiger partial charge in [0.1, 0.15) is 5.75 Å². The standard InChI is InChI=1S/C22H23NO5/c1-3-27-20-7-5-4-6-15(20)9-11-21(25)28-13-19(24)16-8-10-18-17(12-16)14(2)22(26)23-18/h4-8,10,12,14H,3,9,11,13H2,1-2H3,(H,23,26)/t14-/m0/s1. The maximum Gasteiger partial charge on any atom is 0.306 e. The molecule has 0 saturated carbocycles. The Kier molecular flexibility index (Phi) is 6.09. The van der Waals surface area contributed by atoms with Crippen LogP contribution in [0.1, 0.15) is 47.7 Å². The number of carbonyl (C=O) groups is 3. The Hall–Kier alpha value is -3.15. The number of rotatable bonds is 8. The van der Waals surface area contributed by atoms with Crippen molar-refractivity contribution in [2.45, 2.75) is 32.6 Å². The quantitative estimate of drug-likeness (QED) is 0.559. The van der Waals surface area contributed by atoms with Crippen molar-refractivity contribution in [3.63, 3.8) is 0 Å². The van der Waals surface area contributed by atoms with Gasteiger partial charge in [-0.15, -0.1) is 0 Å². The number of ether oxygens (including phenoxy) is 2. The van der Waals surface area contributed by atoms with Gasteiger partial charge in [-0.05, 0) is 55.7 Å². The van der Waals surface area contributed by atoms with Crippen LogP contribution in [0.3, 0.4) is 0 Å². The predicted octanol–water partition coefficient (Wildman–Crippen LogP) is 3.50. The Morgan fingerprint density at radius 1 is 1.14 bits per heavy atom. The van der Waals surface area contributed by atoms with Gasteiger partial charge in [-0.2, -0.15) is 0 Å². The number of hydrogen-bond donors (Lipinski definition) is 1. The third-order valence-electron chi connectivity index (χ3n) is 4.73. The summed E-state index contributed by atoms with van der Waals surface area (Å²) in [5.41, 5.74) is 2.86. The molecule has 0 spiro atoms. The van der Waals surface area contributed by atoms with Crippen LogP contribution in [0.5, 0.6) is 5.75 Å². The van der Waals surface area contributed by atoms with Crippen LogP contribution in [-0.4, -0.2) is 30.9 Å². The molecule has 0 radical (unpaired) electrons. The van der Waals surface area contributed by atoms with Gasteiger partial charge in [0.2, 0.25) is 5.91 Å². The first-order valence-electron chi connectivity index (χ1n) is 9.34. The molecule has 0 bridgehead atoms. The molecule has 6 nitrogen and oxygen atoms in total. The van der Waals surface area contributed by atoms with Crippen molar-refractivity contribution < 1.29 is 23.9 Å². The number of ketones is 1. The first-order chi connectivity index (χ1) is 13.5. The number of anilines is 1. The van der Waals surface area contributed by atoms with Crippen LogP contribution in [-0.2, 0) is 20.7 Å². The number of fused-ring (bicyclic) bond motifs is 1. The first kappa shape index (κ1) is 19.6. The molecule has 0 aliphatic carbocycles. The van der Waals surface area contributed by atoms with Crippen molar-refractivity contribution in [1.82, 2.24) is 0 Å². The number of para-hydroxylation sites is 1. The molecular formula is C22H23NO5. The summed E-state index contributed by atoms with van der Waals surface area (Å²) in [6, 6.07) is 12.6. The van der Waals surface area contributed by atoms with Gasteiger partial charge in [0.25, 0.3) is 0 Å². The average Bonchev–Trinajstić information content (AvgIpc) is 2.99. The van der Waals surface area contributed by atoms with Gasteiger partial charge in [0.15, 0.2) is 12.4 Å². The molecule has 6 heteroatoms. The Balaban J connectivity index is 1.53. The lowest BCUT2D eigenvalue weighted by molar-refractivity contribution is -0.142. The van der Waals surface area contributed by atoms with Gasteiger partial charge in [0.05, 0.1) is 12.5 Å². The van der Waals surface area contributed by atoms with Gasteiger partial charge in [-0.25, -0.2) is 0 Å². The number of nitrogens with one attached hydrogen (secondary N) is 1. The van der Waals surface area contributed by atoms with E-state index in [0.717, 1.165) is 22.6 Å². The van der Waals surface area contributed by atoms with E-state index in [1.807, 2.05) is 31.2 Å². The van der Waals surface area contributed by atoms with Crippen LogP contribution in [0.25, 0.3) is 0 Å². The van der Waals surface area contributed by atoms with Crippen LogP contribution in [0.15, 0.2) is 42.5 Å². The predicted molar refractivity (Wildman–Crippen MR) is 105 cm³/mol. The van der Waals surface area contributed by atoms with E-state index in [1.165, 1.54) is 0 Å². The molecular weight excluding hydrogens is 358 g/mol. The van der Waals surface area contributed by atoms with E-state index < -0.39 is 5.97 Å². The molecule has 1 heterocycles. The SMILES string of the molecule is CCOc1ccccc1CCC(=O)OCC(=O)c1ccc2c(c1)[C@H](C)C(=O)N2. The van der Waals surface area contributed by atoms with E-state index in [2.05, 4.69) is 5.32 Å². The molecule has 146 valence electrons. The fourth-order valence-electron chi connectivity index (χ4n) is 3.14. The summed E-state index contributed by atoms with van der Waals surface area (Å²) >= 11 is 0. The Morgan fingerprint density at radius 3 is 2.71 bits per heavy atom. The second-order valence-corrected chi connectivity index (χ2v) is 6.64. The summed E-state index contributed by atoms with van der Waals surface area (Å²) in [5.74, 6) is -0.359. The van der Waals surface area contributed by atoms with Gasteiger partial charge in [0, 0.05) is 17.7 Å². The molecule has 28 heavy (non-hydrogen) atoms. The molecule has 1 atom stereocenters. The Bertz CT molecular complexity index is 906. The summed E-state index contributed by atoms with van der Waals surface area (Å²) in [6.07, 6.45) is 0.643. The van der Waals surface area contributed by atoms with Crippen LogP contribution in [0.2, 0.25) is 0 Å². The summed E-state index contributed by atoms with van der Waals surface area (Å²) in [7, 11) is 0. The minimum Gasteiger partial charge on any atom is -0.494 e. The first-order valence-corrected chi connectivity index (χ1v) is 9.34. The molecule has 1 aliphatic rings. The van der Waals surface area contributed by atoms with Gasteiger partial charge < -0.3 is 14.8 Å². The van der Waals surface area contributed by atoms with Crippen LogP contribution >= 0.6 is 0 Å². The highest BCUT2D eigenvalue weighted by atomic mass is 16.5. The molecule has 2 aromatic rings. The van der Waals surface area contributed by atoms with Crippen LogP contribution < -0.4 is 10.1 Å². The van der Waals surface area contributed by atoms with Gasteiger partial charge in [-0.3, -0.25) is 14.4 Å². The van der Waals surface area contributed by atoms with Crippen molar-refractivity contribution in [3.05, 3.63) is 59.2 Å². The maximum atomic E-state index is 12.3. The zero-order chi connectivity index (χ0) is 20.1. The maximum absolute atomic E-state index is 12.3. The van der Waals surface area contributed by atoms with Crippen LogP contribution in [0, 0.1) is 0 Å². The minimum absolute atomic E-state index is 0.0849. The van der Waals surface area contributed by atoms with Crippen molar-refractivity contribution >= 4 is 23.3 Å². The normalized spacial score (nSPS) is 14.9. The Morgan fingerprint density at radius 2 is 1.93 bits per heavy atom. The fraction of sp³-hybridized carbons (Fsp3) is 0.318. The summed E-state index contributed by atoms with van der Waals surface area (Å²) in [4.78, 5) is 36.1. The third kappa shape index (κ3) is 4.39. The lowest BCUT2D eigenvalue weighted by atomic mass is 9.99. The van der Waals surface area contributed by atoms with E-state index in [4.69, 9.17) is 9.47 Å². The summed E-state index contributed by atoms with van der Waals surface area (Å²) in [5, 5.41) is 2.76. The number of esters is 1. The number of amides is 1. The van der Waals surface area contributed by atoms with Gasteiger partial charge >= 0.3 is 5.97 Å². The van der Waals surface area contributed by atoms with Gasteiger partial charge in [-0.1, -0.05) is 18.2 Å². The third-order valence-corrected chi connectivity index (χ3v) is 4.73. The zero-order valence-electron chi connectivity index (χ0n) is 16.0. The minimum atomic E-state index is -0.439. The molecule has 0 fully saturated rings. The number of hydrogen-bond acceptors (Lipinski definition) is 5. The molecule has 0 unspecified atom stereocenters. The highest BCUT2D eigenvalue weighted by molar-refractivity contribution is 6.05. The highest BCUT2D eigenvalue weighted by Gasteiger charge is 2.27. The molecule has 1 amide bonds. The monoisotopic (exact) mass is 381 g/mol. The average molecular weight is 381 g/mol. The van der Waals surface area contributed by atoms with Crippen molar-refractivity contribution in [2.24, 2.45) is 0 Å². The topological polar surface area (TPSA) is 81.7 Å². The molecule has 1 aliphatic heterocycles. The van der Waals surface area contributed by atoms with Crippen molar-refractivity contribution in [1.29, 1.82) is 0 Å². The Labute approximate surface area is 163 Å². The van der Waals surface area contributed by atoms with Crippen molar-refractivity contribution in [3.8, 4) is 5.75 Å². The molecule has 0 saturated heterocycles. The largest absolute Gasteiger partial charge is 0.494 e. The second-order valence-electron chi connectivity index (χ2n) is 6.64. The molecule has 1 N–H and O–H groups in total. The smallest absolute Gasteiger partial charge is 0.306 e. The molecule has 2 aromatic carbocycles. The number of benzene rings is 2.